The van der Waals surface area contributed by atoms with E-state index >= 15 is 0 Å². The van der Waals surface area contributed by atoms with Gasteiger partial charge in [-0.05, 0) is 17.9 Å². The van der Waals surface area contributed by atoms with Crippen LogP contribution in [0, 0.1) is 0 Å². The average Bonchev–Trinajstić information content (AvgIpc) is 2.79. The van der Waals surface area contributed by atoms with E-state index in [0.29, 0.717) is 5.82 Å². The SMILES string of the molecule is CCc1c(N)ncnc1NCc1cccs1. The molecule has 0 aliphatic carbocycles. The summed E-state index contributed by atoms with van der Waals surface area (Å²) in [4.78, 5) is 9.47. The van der Waals surface area contributed by atoms with Crippen molar-refractivity contribution in [2.24, 2.45) is 0 Å². The van der Waals surface area contributed by atoms with Gasteiger partial charge in [-0.1, -0.05) is 13.0 Å². The third-order valence-corrected chi connectivity index (χ3v) is 3.22. The highest BCUT2D eigenvalue weighted by Crippen LogP contribution is 2.19. The summed E-state index contributed by atoms with van der Waals surface area (Å²) in [6.07, 6.45) is 2.32. The van der Waals surface area contributed by atoms with Crippen LogP contribution in [0.15, 0.2) is 23.8 Å². The molecule has 2 aromatic rings. The lowest BCUT2D eigenvalue weighted by Crippen LogP contribution is -2.07. The van der Waals surface area contributed by atoms with E-state index in [1.165, 1.54) is 11.2 Å². The molecular formula is C11H14N4S. The zero-order valence-corrected chi connectivity index (χ0v) is 9.92. The summed E-state index contributed by atoms with van der Waals surface area (Å²) in [5, 5.41) is 5.35. The molecule has 0 radical (unpaired) electrons. The van der Waals surface area contributed by atoms with Gasteiger partial charge in [-0.2, -0.15) is 0 Å². The Bertz CT molecular complexity index is 453. The van der Waals surface area contributed by atoms with Gasteiger partial charge in [-0.15, -0.1) is 11.3 Å². The predicted octanol–water partition coefficient (Wildman–Crippen LogP) is 2.29. The van der Waals surface area contributed by atoms with Gasteiger partial charge in [0.05, 0.1) is 6.54 Å². The number of hydrogen-bond donors (Lipinski definition) is 2. The van der Waals surface area contributed by atoms with Gasteiger partial charge in [-0.25, -0.2) is 9.97 Å². The Morgan fingerprint density at radius 1 is 1.44 bits per heavy atom. The van der Waals surface area contributed by atoms with E-state index in [0.717, 1.165) is 24.3 Å². The minimum atomic E-state index is 0.561. The van der Waals surface area contributed by atoms with Crippen LogP contribution in [0.4, 0.5) is 11.6 Å². The predicted molar refractivity (Wildman–Crippen MR) is 67.5 cm³/mol. The highest BCUT2D eigenvalue weighted by molar-refractivity contribution is 7.09. The Hall–Kier alpha value is -1.62. The Labute approximate surface area is 98.6 Å². The maximum atomic E-state index is 5.79. The summed E-state index contributed by atoms with van der Waals surface area (Å²) in [5.41, 5.74) is 6.78. The molecule has 5 heteroatoms. The molecule has 0 saturated heterocycles. The molecule has 0 unspecified atom stereocenters. The Balaban J connectivity index is 2.12. The fourth-order valence-electron chi connectivity index (χ4n) is 1.51. The van der Waals surface area contributed by atoms with Crippen molar-refractivity contribution < 1.29 is 0 Å². The molecule has 0 bridgehead atoms. The first kappa shape index (κ1) is 10.9. The van der Waals surface area contributed by atoms with Crippen molar-refractivity contribution >= 4 is 23.0 Å². The van der Waals surface area contributed by atoms with Crippen molar-refractivity contribution in [3.63, 3.8) is 0 Å². The smallest absolute Gasteiger partial charge is 0.134 e. The number of hydrogen-bond acceptors (Lipinski definition) is 5. The molecule has 2 aromatic heterocycles. The molecule has 0 aromatic carbocycles. The molecule has 2 rings (SSSR count). The van der Waals surface area contributed by atoms with Crippen LogP contribution in [-0.2, 0) is 13.0 Å². The van der Waals surface area contributed by atoms with Gasteiger partial charge in [-0.3, -0.25) is 0 Å². The average molecular weight is 234 g/mol. The lowest BCUT2D eigenvalue weighted by Gasteiger charge is -2.09. The van der Waals surface area contributed by atoms with Crippen molar-refractivity contribution in [2.75, 3.05) is 11.1 Å². The lowest BCUT2D eigenvalue weighted by atomic mass is 10.2. The van der Waals surface area contributed by atoms with Crippen molar-refractivity contribution in [1.82, 2.24) is 9.97 Å². The first-order valence-electron chi connectivity index (χ1n) is 5.17. The summed E-state index contributed by atoms with van der Waals surface area (Å²) >= 11 is 1.72. The molecule has 0 aliphatic heterocycles. The van der Waals surface area contributed by atoms with E-state index in [1.54, 1.807) is 11.3 Å². The molecule has 3 N–H and O–H groups in total. The number of aromatic nitrogens is 2. The van der Waals surface area contributed by atoms with E-state index in [4.69, 9.17) is 5.73 Å². The van der Waals surface area contributed by atoms with Crippen molar-refractivity contribution in [1.29, 1.82) is 0 Å². The molecule has 0 spiro atoms. The van der Waals surface area contributed by atoms with Gasteiger partial charge in [0, 0.05) is 10.4 Å². The van der Waals surface area contributed by atoms with E-state index < -0.39 is 0 Å². The lowest BCUT2D eigenvalue weighted by molar-refractivity contribution is 1.03. The standard InChI is InChI=1S/C11H14N4S/c1-2-9-10(12)14-7-15-11(9)13-6-8-4-3-5-16-8/h3-5,7H,2,6H2,1H3,(H3,12,13,14,15). The molecule has 0 amide bonds. The first-order valence-corrected chi connectivity index (χ1v) is 6.04. The second kappa shape index (κ2) is 4.94. The fourth-order valence-corrected chi connectivity index (χ4v) is 2.16. The third-order valence-electron chi connectivity index (χ3n) is 2.34. The molecular weight excluding hydrogens is 220 g/mol. The molecule has 2 heterocycles. The highest BCUT2D eigenvalue weighted by Gasteiger charge is 2.06. The Morgan fingerprint density at radius 2 is 2.31 bits per heavy atom. The van der Waals surface area contributed by atoms with Gasteiger partial charge >= 0.3 is 0 Å². The largest absolute Gasteiger partial charge is 0.383 e. The van der Waals surface area contributed by atoms with Crippen LogP contribution >= 0.6 is 11.3 Å². The normalized spacial score (nSPS) is 10.3. The van der Waals surface area contributed by atoms with Crippen LogP contribution in [0.2, 0.25) is 0 Å². The second-order valence-electron chi connectivity index (χ2n) is 3.37. The summed E-state index contributed by atoms with van der Waals surface area (Å²) in [6, 6.07) is 4.13. The first-order chi connectivity index (χ1) is 7.81. The minimum absolute atomic E-state index is 0.561. The molecule has 84 valence electrons. The van der Waals surface area contributed by atoms with Crippen LogP contribution in [0.25, 0.3) is 0 Å². The second-order valence-corrected chi connectivity index (χ2v) is 4.40. The zero-order chi connectivity index (χ0) is 11.4. The van der Waals surface area contributed by atoms with Gasteiger partial charge in [0.15, 0.2) is 0 Å². The quantitative estimate of drug-likeness (QED) is 0.852. The molecule has 0 aliphatic rings. The van der Waals surface area contributed by atoms with E-state index in [1.807, 2.05) is 13.0 Å². The monoisotopic (exact) mass is 234 g/mol. The van der Waals surface area contributed by atoms with Crippen LogP contribution in [-0.4, -0.2) is 9.97 Å². The maximum Gasteiger partial charge on any atom is 0.134 e. The number of nitrogen functional groups attached to an aromatic ring is 1. The minimum Gasteiger partial charge on any atom is -0.383 e. The molecule has 16 heavy (non-hydrogen) atoms. The number of nitrogens with zero attached hydrogens (tertiary/aromatic N) is 2. The zero-order valence-electron chi connectivity index (χ0n) is 9.10. The fraction of sp³-hybridized carbons (Fsp3) is 0.273. The van der Waals surface area contributed by atoms with E-state index in [9.17, 15) is 0 Å². The summed E-state index contributed by atoms with van der Waals surface area (Å²) < 4.78 is 0. The number of rotatable bonds is 4. The maximum absolute atomic E-state index is 5.79. The Kier molecular flexibility index (Phi) is 3.36. The summed E-state index contributed by atoms with van der Waals surface area (Å²) in [6.45, 7) is 2.83. The Morgan fingerprint density at radius 3 is 3.00 bits per heavy atom. The van der Waals surface area contributed by atoms with Crippen LogP contribution in [0.1, 0.15) is 17.4 Å². The highest BCUT2D eigenvalue weighted by atomic mass is 32.1. The van der Waals surface area contributed by atoms with Crippen LogP contribution in [0.3, 0.4) is 0 Å². The summed E-state index contributed by atoms with van der Waals surface area (Å²) in [7, 11) is 0. The summed E-state index contributed by atoms with van der Waals surface area (Å²) in [5.74, 6) is 1.40. The van der Waals surface area contributed by atoms with Crippen LogP contribution < -0.4 is 11.1 Å². The topological polar surface area (TPSA) is 63.8 Å². The number of nitrogens with two attached hydrogens (primary N) is 1. The van der Waals surface area contributed by atoms with Gasteiger partial charge in [0.25, 0.3) is 0 Å². The van der Waals surface area contributed by atoms with E-state index in [-0.39, 0.29) is 0 Å². The van der Waals surface area contributed by atoms with Crippen molar-refractivity contribution in [3.8, 4) is 0 Å². The number of thiophene rings is 1. The van der Waals surface area contributed by atoms with Gasteiger partial charge < -0.3 is 11.1 Å². The molecule has 0 atom stereocenters. The van der Waals surface area contributed by atoms with E-state index in [2.05, 4.69) is 26.7 Å². The number of anilines is 2. The molecule has 4 nitrogen and oxygen atoms in total. The van der Waals surface area contributed by atoms with Gasteiger partial charge in [0.1, 0.15) is 18.0 Å². The molecule has 0 fully saturated rings. The van der Waals surface area contributed by atoms with Crippen LogP contribution in [0.5, 0.6) is 0 Å². The third kappa shape index (κ3) is 2.30. The van der Waals surface area contributed by atoms with Gasteiger partial charge in [0.2, 0.25) is 0 Å². The van der Waals surface area contributed by atoms with Crippen molar-refractivity contribution in [3.05, 3.63) is 34.3 Å². The van der Waals surface area contributed by atoms with Crippen molar-refractivity contribution in [2.45, 2.75) is 19.9 Å². The number of nitrogens with one attached hydrogen (secondary N) is 1. The molecule has 0 saturated carbocycles.